The van der Waals surface area contributed by atoms with E-state index in [4.69, 9.17) is 11.6 Å². The molecule has 1 heterocycles. The van der Waals surface area contributed by atoms with Crippen molar-refractivity contribution >= 4 is 40.0 Å². The van der Waals surface area contributed by atoms with Gasteiger partial charge < -0.3 is 10.2 Å². The summed E-state index contributed by atoms with van der Waals surface area (Å²) in [6.45, 7) is 2.85. The Bertz CT molecular complexity index is 723. The highest BCUT2D eigenvalue weighted by atomic mass is 35.5. The molecule has 0 aromatic heterocycles. The number of benzene rings is 2. The maximum atomic E-state index is 12.6. The number of thioether (sulfide) groups is 1. The largest absolute Gasteiger partial charge is 0.342 e. The van der Waals surface area contributed by atoms with E-state index >= 15 is 0 Å². The van der Waals surface area contributed by atoms with Crippen LogP contribution in [0.5, 0.6) is 0 Å². The number of carbonyl (C=O) groups excluding carboxylic acids is 1. The molecule has 3 nitrogen and oxygen atoms in total. The predicted octanol–water partition coefficient (Wildman–Crippen LogP) is 4.43. The van der Waals surface area contributed by atoms with E-state index in [0.29, 0.717) is 5.75 Å². The van der Waals surface area contributed by atoms with Crippen molar-refractivity contribution in [1.29, 1.82) is 0 Å². The number of amides is 1. The Kier molecular flexibility index (Phi) is 6.63. The van der Waals surface area contributed by atoms with Crippen LogP contribution in [-0.2, 0) is 4.79 Å². The molecule has 2 aromatic carbocycles. The molecule has 0 bridgehead atoms. The zero-order valence-electron chi connectivity index (χ0n) is 14.6. The van der Waals surface area contributed by atoms with Gasteiger partial charge in [0.15, 0.2) is 0 Å². The smallest absolute Gasteiger partial charge is 0.232 e. The van der Waals surface area contributed by atoms with E-state index in [9.17, 15) is 4.79 Å². The summed E-state index contributed by atoms with van der Waals surface area (Å²) >= 11 is 7.96. The first-order valence-corrected chi connectivity index (χ1v) is 10.3. The van der Waals surface area contributed by atoms with Crippen molar-refractivity contribution in [2.45, 2.75) is 24.2 Å². The standard InChI is InChI=1S/C20H25ClN2OS/c1-22-11-8-15-9-12-23(13-10-15)19(24)14-25-18-7-3-5-16-4-2-6-17(21)20(16)18/h2-7,15,22H,8-14H2,1H3. The number of carbonyl (C=O) groups is 1. The molecule has 1 N–H and O–H groups in total. The van der Waals surface area contributed by atoms with Crippen LogP contribution >= 0.6 is 23.4 Å². The van der Waals surface area contributed by atoms with Crippen LogP contribution in [-0.4, -0.2) is 43.2 Å². The Morgan fingerprint density at radius 3 is 2.68 bits per heavy atom. The molecule has 0 saturated carbocycles. The second-order valence-electron chi connectivity index (χ2n) is 6.60. The second kappa shape index (κ2) is 8.93. The number of hydrogen-bond acceptors (Lipinski definition) is 3. The zero-order valence-corrected chi connectivity index (χ0v) is 16.2. The van der Waals surface area contributed by atoms with E-state index in [1.165, 1.54) is 6.42 Å². The zero-order chi connectivity index (χ0) is 17.6. The number of nitrogens with zero attached hydrogens (tertiary/aromatic N) is 1. The summed E-state index contributed by atoms with van der Waals surface area (Å²) in [4.78, 5) is 15.7. The SMILES string of the molecule is CNCCC1CCN(C(=O)CSc2cccc3cccc(Cl)c23)CC1. The summed E-state index contributed by atoms with van der Waals surface area (Å²) in [5.41, 5.74) is 0. The quantitative estimate of drug-likeness (QED) is 0.757. The molecular formula is C20H25ClN2OS. The lowest BCUT2D eigenvalue weighted by molar-refractivity contribution is -0.129. The van der Waals surface area contributed by atoms with Crippen molar-refractivity contribution in [2.75, 3.05) is 32.4 Å². The van der Waals surface area contributed by atoms with Crippen molar-refractivity contribution in [3.05, 3.63) is 41.4 Å². The van der Waals surface area contributed by atoms with Crippen LogP contribution in [0.3, 0.4) is 0 Å². The van der Waals surface area contributed by atoms with Crippen LogP contribution in [0.4, 0.5) is 0 Å². The molecule has 134 valence electrons. The molecule has 0 aliphatic carbocycles. The monoisotopic (exact) mass is 376 g/mol. The molecule has 1 fully saturated rings. The molecule has 1 saturated heterocycles. The van der Waals surface area contributed by atoms with Crippen molar-refractivity contribution in [3.8, 4) is 0 Å². The third-order valence-electron chi connectivity index (χ3n) is 4.94. The molecule has 3 rings (SSSR count). The fourth-order valence-corrected chi connectivity index (χ4v) is 4.78. The van der Waals surface area contributed by atoms with Crippen molar-refractivity contribution in [2.24, 2.45) is 5.92 Å². The number of fused-ring (bicyclic) bond motifs is 1. The molecule has 0 radical (unpaired) electrons. The third-order valence-corrected chi connectivity index (χ3v) is 6.29. The summed E-state index contributed by atoms with van der Waals surface area (Å²) in [6.07, 6.45) is 3.46. The number of nitrogens with one attached hydrogen (secondary N) is 1. The van der Waals surface area contributed by atoms with Gasteiger partial charge in [-0.2, -0.15) is 0 Å². The maximum Gasteiger partial charge on any atom is 0.232 e. The minimum Gasteiger partial charge on any atom is -0.342 e. The molecule has 5 heteroatoms. The summed E-state index contributed by atoms with van der Waals surface area (Å²) in [6, 6.07) is 12.1. The Morgan fingerprint density at radius 1 is 1.24 bits per heavy atom. The second-order valence-corrected chi connectivity index (χ2v) is 8.02. The lowest BCUT2D eigenvalue weighted by atomic mass is 9.93. The molecule has 0 spiro atoms. The van der Waals surface area contributed by atoms with Gasteiger partial charge in [-0.15, -0.1) is 11.8 Å². The van der Waals surface area contributed by atoms with Crippen LogP contribution in [0.25, 0.3) is 10.8 Å². The summed E-state index contributed by atoms with van der Waals surface area (Å²) in [7, 11) is 2.00. The van der Waals surface area contributed by atoms with Gasteiger partial charge in [-0.25, -0.2) is 0 Å². The number of piperidine rings is 1. The number of rotatable bonds is 6. The molecule has 2 aromatic rings. The molecule has 1 amide bonds. The summed E-state index contributed by atoms with van der Waals surface area (Å²) in [5, 5.41) is 6.13. The van der Waals surface area contributed by atoms with Crippen molar-refractivity contribution in [3.63, 3.8) is 0 Å². The molecule has 1 aliphatic rings. The number of hydrogen-bond donors (Lipinski definition) is 1. The normalized spacial score (nSPS) is 15.7. The van der Waals surface area contributed by atoms with Gasteiger partial charge >= 0.3 is 0 Å². The Morgan fingerprint density at radius 2 is 1.96 bits per heavy atom. The Labute approximate surface area is 159 Å². The van der Waals surface area contributed by atoms with Crippen LogP contribution in [0.15, 0.2) is 41.3 Å². The first kappa shape index (κ1) is 18.6. The van der Waals surface area contributed by atoms with E-state index in [0.717, 1.165) is 59.1 Å². The number of halogens is 1. The average Bonchev–Trinajstić information content (AvgIpc) is 2.65. The topological polar surface area (TPSA) is 32.3 Å². The first-order valence-electron chi connectivity index (χ1n) is 8.91. The minimum absolute atomic E-state index is 0.237. The van der Waals surface area contributed by atoms with Gasteiger partial charge in [0.25, 0.3) is 0 Å². The molecule has 25 heavy (non-hydrogen) atoms. The average molecular weight is 377 g/mol. The van der Waals surface area contributed by atoms with Gasteiger partial charge in [0, 0.05) is 28.4 Å². The number of likely N-dealkylation sites (tertiary alicyclic amines) is 1. The highest BCUT2D eigenvalue weighted by Gasteiger charge is 2.22. The molecule has 0 atom stereocenters. The van der Waals surface area contributed by atoms with Crippen LogP contribution < -0.4 is 5.32 Å². The molecule has 1 aliphatic heterocycles. The highest BCUT2D eigenvalue weighted by molar-refractivity contribution is 8.00. The third kappa shape index (κ3) is 4.69. The minimum atomic E-state index is 0.237. The van der Waals surface area contributed by atoms with E-state index < -0.39 is 0 Å². The van der Waals surface area contributed by atoms with Gasteiger partial charge in [0.05, 0.1) is 5.75 Å². The predicted molar refractivity (Wildman–Crippen MR) is 108 cm³/mol. The van der Waals surface area contributed by atoms with Gasteiger partial charge in [-0.1, -0.05) is 35.9 Å². The first-order chi connectivity index (χ1) is 12.2. The van der Waals surface area contributed by atoms with Crippen LogP contribution in [0.1, 0.15) is 19.3 Å². The lowest BCUT2D eigenvalue weighted by Gasteiger charge is -2.32. The van der Waals surface area contributed by atoms with Crippen molar-refractivity contribution in [1.82, 2.24) is 10.2 Å². The van der Waals surface area contributed by atoms with Gasteiger partial charge in [0.2, 0.25) is 5.91 Å². The highest BCUT2D eigenvalue weighted by Crippen LogP contribution is 2.33. The van der Waals surface area contributed by atoms with E-state index in [-0.39, 0.29) is 5.91 Å². The fraction of sp³-hybridized carbons (Fsp3) is 0.450. The van der Waals surface area contributed by atoms with Gasteiger partial charge in [0.1, 0.15) is 0 Å². The van der Waals surface area contributed by atoms with E-state index in [1.807, 2.05) is 30.1 Å². The molecule has 0 unspecified atom stereocenters. The Balaban J connectivity index is 1.57. The van der Waals surface area contributed by atoms with E-state index in [1.54, 1.807) is 11.8 Å². The summed E-state index contributed by atoms with van der Waals surface area (Å²) < 4.78 is 0. The van der Waals surface area contributed by atoms with Crippen molar-refractivity contribution < 1.29 is 4.79 Å². The van der Waals surface area contributed by atoms with Crippen LogP contribution in [0, 0.1) is 5.92 Å². The van der Waals surface area contributed by atoms with Crippen LogP contribution in [0.2, 0.25) is 5.02 Å². The van der Waals surface area contributed by atoms with E-state index in [2.05, 4.69) is 23.5 Å². The van der Waals surface area contributed by atoms with Gasteiger partial charge in [-0.3, -0.25) is 4.79 Å². The summed E-state index contributed by atoms with van der Waals surface area (Å²) in [5.74, 6) is 1.47. The van der Waals surface area contributed by atoms with Gasteiger partial charge in [-0.05, 0) is 56.3 Å². The molecular weight excluding hydrogens is 352 g/mol. The fourth-order valence-electron chi connectivity index (χ4n) is 3.43. The Hall–Kier alpha value is -1.23. The maximum absolute atomic E-state index is 12.6. The lowest BCUT2D eigenvalue weighted by Crippen LogP contribution is -2.39.